The van der Waals surface area contributed by atoms with Crippen molar-refractivity contribution in [3.05, 3.63) is 48.2 Å². The maximum absolute atomic E-state index is 11.3. The summed E-state index contributed by atoms with van der Waals surface area (Å²) >= 11 is 0. The van der Waals surface area contributed by atoms with E-state index in [4.69, 9.17) is 4.74 Å². The van der Waals surface area contributed by atoms with Gasteiger partial charge in [0.15, 0.2) is 0 Å². The summed E-state index contributed by atoms with van der Waals surface area (Å²) in [5.74, 6) is 0.0251. The first-order valence-electron chi connectivity index (χ1n) is 7.23. The van der Waals surface area contributed by atoms with Gasteiger partial charge in [-0.3, -0.25) is 0 Å². The van der Waals surface area contributed by atoms with Crippen LogP contribution in [0.4, 0.5) is 5.95 Å². The summed E-state index contributed by atoms with van der Waals surface area (Å²) in [5, 5.41) is 9.24. The zero-order valence-electron chi connectivity index (χ0n) is 12.1. The molecule has 1 aliphatic heterocycles. The molecule has 0 aliphatic carbocycles. The van der Waals surface area contributed by atoms with E-state index in [-0.39, 0.29) is 0 Å². The molecule has 114 valence electrons. The van der Waals surface area contributed by atoms with Crippen LogP contribution in [0.1, 0.15) is 18.4 Å². The predicted octanol–water partition coefficient (Wildman–Crippen LogP) is 2.11. The summed E-state index contributed by atoms with van der Waals surface area (Å²) in [4.78, 5) is 21.5. The maximum Gasteiger partial charge on any atom is 0.326 e. The quantitative estimate of drug-likeness (QED) is 0.911. The highest BCUT2D eigenvalue weighted by molar-refractivity contribution is 5.78. The molecule has 6 nitrogen and oxygen atoms in total. The van der Waals surface area contributed by atoms with Crippen molar-refractivity contribution in [3.8, 4) is 5.88 Å². The first-order chi connectivity index (χ1) is 10.7. The Morgan fingerprint density at radius 2 is 2.14 bits per heavy atom. The lowest BCUT2D eigenvalue weighted by atomic mass is 10.2. The molecule has 1 fully saturated rings. The average Bonchev–Trinajstić information content (AvgIpc) is 3.04. The molecule has 6 heteroatoms. The number of hydrogen-bond acceptors (Lipinski definition) is 5. The molecule has 1 saturated heterocycles. The van der Waals surface area contributed by atoms with Crippen molar-refractivity contribution in [3.63, 3.8) is 0 Å². The van der Waals surface area contributed by atoms with Gasteiger partial charge in [-0.2, -0.15) is 4.98 Å². The fourth-order valence-electron chi connectivity index (χ4n) is 2.55. The van der Waals surface area contributed by atoms with Gasteiger partial charge in [0, 0.05) is 18.8 Å². The van der Waals surface area contributed by atoms with Crippen LogP contribution >= 0.6 is 0 Å². The molecular formula is C16H17N3O3. The van der Waals surface area contributed by atoms with Crippen LogP contribution < -0.4 is 9.64 Å². The van der Waals surface area contributed by atoms with Gasteiger partial charge in [0.05, 0.1) is 0 Å². The second kappa shape index (κ2) is 6.43. The fraction of sp³-hybridized carbons (Fsp3) is 0.312. The molecule has 0 amide bonds. The third-order valence-electron chi connectivity index (χ3n) is 3.64. The predicted molar refractivity (Wildman–Crippen MR) is 80.8 cm³/mol. The van der Waals surface area contributed by atoms with Crippen LogP contribution in [0.15, 0.2) is 42.6 Å². The summed E-state index contributed by atoms with van der Waals surface area (Å²) in [7, 11) is 0. The highest BCUT2D eigenvalue weighted by atomic mass is 16.5. The number of benzene rings is 1. The molecule has 1 aromatic carbocycles. The van der Waals surface area contributed by atoms with Crippen molar-refractivity contribution < 1.29 is 14.6 Å². The van der Waals surface area contributed by atoms with E-state index < -0.39 is 12.0 Å². The highest BCUT2D eigenvalue weighted by Gasteiger charge is 2.32. The number of aromatic nitrogens is 2. The molecule has 2 aromatic rings. The molecule has 2 heterocycles. The lowest BCUT2D eigenvalue weighted by Gasteiger charge is -2.21. The first kappa shape index (κ1) is 14.3. The number of carbonyl (C=O) groups is 1. The molecule has 3 rings (SSSR count). The number of hydrogen-bond donors (Lipinski definition) is 1. The number of anilines is 1. The third kappa shape index (κ3) is 3.16. The first-order valence-corrected chi connectivity index (χ1v) is 7.23. The molecule has 0 saturated carbocycles. The number of ether oxygens (including phenoxy) is 1. The monoisotopic (exact) mass is 299 g/mol. The minimum atomic E-state index is -0.836. The summed E-state index contributed by atoms with van der Waals surface area (Å²) in [6.45, 7) is 1.07. The van der Waals surface area contributed by atoms with Crippen molar-refractivity contribution in [2.45, 2.75) is 25.5 Å². The second-order valence-electron chi connectivity index (χ2n) is 5.16. The maximum atomic E-state index is 11.3. The van der Waals surface area contributed by atoms with Crippen molar-refractivity contribution in [2.24, 2.45) is 0 Å². The van der Waals surface area contributed by atoms with Gasteiger partial charge in [-0.15, -0.1) is 0 Å². The Morgan fingerprint density at radius 1 is 1.32 bits per heavy atom. The lowest BCUT2D eigenvalue weighted by Crippen LogP contribution is -2.37. The van der Waals surface area contributed by atoms with Crippen molar-refractivity contribution in [1.29, 1.82) is 0 Å². The van der Waals surface area contributed by atoms with Gasteiger partial charge in [-0.25, -0.2) is 9.78 Å². The standard InChI is InChI=1S/C16H17N3O3/c20-15(21)13-7-4-10-19(13)16-17-9-8-14(18-16)22-11-12-5-2-1-3-6-12/h1-3,5-6,8-9,13H,4,7,10-11H2,(H,20,21)/t13-/m0/s1. The Hall–Kier alpha value is -2.63. The minimum Gasteiger partial charge on any atom is -0.480 e. The van der Waals surface area contributed by atoms with Gasteiger partial charge in [-0.05, 0) is 18.4 Å². The summed E-state index contributed by atoms with van der Waals surface area (Å²) < 4.78 is 5.66. The SMILES string of the molecule is O=C(O)[C@@H]1CCCN1c1nccc(OCc2ccccc2)n1. The van der Waals surface area contributed by atoms with Gasteiger partial charge in [0.1, 0.15) is 12.6 Å². The number of nitrogens with zero attached hydrogens (tertiary/aromatic N) is 3. The van der Waals surface area contributed by atoms with E-state index in [9.17, 15) is 9.90 Å². The van der Waals surface area contributed by atoms with E-state index in [1.165, 1.54) is 0 Å². The Labute approximate surface area is 128 Å². The molecule has 1 atom stereocenters. The molecule has 1 aliphatic rings. The molecule has 1 N–H and O–H groups in total. The van der Waals surface area contributed by atoms with Crippen LogP contribution in [-0.4, -0.2) is 33.6 Å². The van der Waals surface area contributed by atoms with Crippen LogP contribution in [-0.2, 0) is 11.4 Å². The largest absolute Gasteiger partial charge is 0.480 e. The normalized spacial score (nSPS) is 17.5. The van der Waals surface area contributed by atoms with E-state index in [0.717, 1.165) is 12.0 Å². The highest BCUT2D eigenvalue weighted by Crippen LogP contribution is 2.23. The minimum absolute atomic E-state index is 0.412. The number of carboxylic acids is 1. The van der Waals surface area contributed by atoms with Crippen molar-refractivity contribution in [2.75, 3.05) is 11.4 Å². The average molecular weight is 299 g/mol. The van der Waals surface area contributed by atoms with Crippen LogP contribution in [0, 0.1) is 0 Å². The molecular weight excluding hydrogens is 282 g/mol. The Morgan fingerprint density at radius 3 is 2.91 bits per heavy atom. The van der Waals surface area contributed by atoms with Gasteiger partial charge < -0.3 is 14.7 Å². The van der Waals surface area contributed by atoms with E-state index in [0.29, 0.717) is 31.4 Å². The molecule has 22 heavy (non-hydrogen) atoms. The zero-order chi connectivity index (χ0) is 15.4. The van der Waals surface area contributed by atoms with Gasteiger partial charge >= 0.3 is 5.97 Å². The zero-order valence-corrected chi connectivity index (χ0v) is 12.1. The van der Waals surface area contributed by atoms with Crippen LogP contribution in [0.5, 0.6) is 5.88 Å². The van der Waals surface area contributed by atoms with Crippen LogP contribution in [0.25, 0.3) is 0 Å². The van der Waals surface area contributed by atoms with Gasteiger partial charge in [-0.1, -0.05) is 30.3 Å². The Kier molecular flexibility index (Phi) is 4.18. The molecule has 0 unspecified atom stereocenters. The smallest absolute Gasteiger partial charge is 0.326 e. The number of aliphatic carboxylic acids is 1. The van der Waals surface area contributed by atoms with E-state index in [2.05, 4.69) is 9.97 Å². The second-order valence-corrected chi connectivity index (χ2v) is 5.16. The molecule has 1 aromatic heterocycles. The van der Waals surface area contributed by atoms with E-state index in [1.807, 2.05) is 30.3 Å². The van der Waals surface area contributed by atoms with Gasteiger partial charge in [0.25, 0.3) is 0 Å². The van der Waals surface area contributed by atoms with Crippen LogP contribution in [0.3, 0.4) is 0 Å². The van der Waals surface area contributed by atoms with Crippen molar-refractivity contribution >= 4 is 11.9 Å². The number of carboxylic acid groups (broad SMARTS) is 1. The lowest BCUT2D eigenvalue weighted by molar-refractivity contribution is -0.138. The molecule has 0 spiro atoms. The summed E-state index contributed by atoms with van der Waals surface area (Å²) in [5.41, 5.74) is 1.05. The topological polar surface area (TPSA) is 75.5 Å². The molecule has 0 radical (unpaired) electrons. The van der Waals surface area contributed by atoms with E-state index in [1.54, 1.807) is 17.2 Å². The summed E-state index contributed by atoms with van der Waals surface area (Å²) in [6.07, 6.45) is 3.04. The number of rotatable bonds is 5. The fourth-order valence-corrected chi connectivity index (χ4v) is 2.55. The van der Waals surface area contributed by atoms with Crippen molar-refractivity contribution in [1.82, 2.24) is 9.97 Å². The Balaban J connectivity index is 1.71. The molecule has 0 bridgehead atoms. The van der Waals surface area contributed by atoms with Gasteiger partial charge in [0.2, 0.25) is 11.8 Å². The Bertz CT molecular complexity index is 648. The van der Waals surface area contributed by atoms with E-state index >= 15 is 0 Å². The summed E-state index contributed by atoms with van der Waals surface area (Å²) in [6, 6.07) is 10.9. The van der Waals surface area contributed by atoms with Crippen LogP contribution in [0.2, 0.25) is 0 Å². The third-order valence-corrected chi connectivity index (χ3v) is 3.64.